The molecule has 3 rings (SSSR count). The second kappa shape index (κ2) is 4.95. The van der Waals surface area contributed by atoms with Crippen LogP contribution in [0.3, 0.4) is 0 Å². The molecule has 1 aliphatic carbocycles. The zero-order valence-corrected chi connectivity index (χ0v) is 11.6. The van der Waals surface area contributed by atoms with Crippen molar-refractivity contribution in [2.24, 2.45) is 0 Å². The molecule has 104 valence electrons. The van der Waals surface area contributed by atoms with Crippen molar-refractivity contribution >= 4 is 29.3 Å². The molecule has 0 saturated heterocycles. The van der Waals surface area contributed by atoms with Crippen LogP contribution in [0.5, 0.6) is 0 Å². The van der Waals surface area contributed by atoms with Gasteiger partial charge in [-0.05, 0) is 36.7 Å². The average Bonchev–Trinajstić information content (AvgIpc) is 3.14. The van der Waals surface area contributed by atoms with E-state index in [1.54, 1.807) is 4.57 Å². The zero-order chi connectivity index (χ0) is 14.3. The summed E-state index contributed by atoms with van der Waals surface area (Å²) in [7, 11) is 0. The van der Waals surface area contributed by atoms with E-state index in [9.17, 15) is 9.59 Å². The average molecular weight is 313 g/mol. The third-order valence-corrected chi connectivity index (χ3v) is 3.88. The molecule has 1 aliphatic rings. The van der Waals surface area contributed by atoms with E-state index in [0.717, 1.165) is 24.6 Å². The minimum absolute atomic E-state index is 0.0448. The van der Waals surface area contributed by atoms with E-state index in [0.29, 0.717) is 10.2 Å². The molecule has 0 bridgehead atoms. The fourth-order valence-electron chi connectivity index (χ4n) is 1.76. The van der Waals surface area contributed by atoms with Gasteiger partial charge in [0.2, 0.25) is 0 Å². The number of nitrogens with zero attached hydrogens (tertiary/aromatic N) is 3. The van der Waals surface area contributed by atoms with Gasteiger partial charge in [-0.3, -0.25) is 4.57 Å². The molecule has 2 aromatic rings. The first-order valence-corrected chi connectivity index (χ1v) is 6.99. The van der Waals surface area contributed by atoms with E-state index in [2.05, 4.69) is 15.2 Å². The Morgan fingerprint density at radius 3 is 2.90 bits per heavy atom. The van der Waals surface area contributed by atoms with Gasteiger partial charge in [0.1, 0.15) is 10.2 Å². The molecule has 0 unspecified atom stereocenters. The molecular weight excluding hydrogens is 304 g/mol. The number of hydrogen-bond donors (Lipinski definition) is 2. The quantitative estimate of drug-likeness (QED) is 0.835. The van der Waals surface area contributed by atoms with Gasteiger partial charge in [-0.15, -0.1) is 5.10 Å². The molecule has 7 nitrogen and oxygen atoms in total. The molecule has 2 N–H and O–H groups in total. The highest BCUT2D eigenvalue weighted by Crippen LogP contribution is 2.37. The lowest BCUT2D eigenvalue weighted by atomic mass is 10.3. The summed E-state index contributed by atoms with van der Waals surface area (Å²) in [6, 6.07) is 2.84. The second-order valence-corrected chi connectivity index (χ2v) is 5.71. The van der Waals surface area contributed by atoms with Crippen LogP contribution >= 0.6 is 23.4 Å². The first-order valence-electron chi connectivity index (χ1n) is 5.80. The molecule has 0 spiro atoms. The van der Waals surface area contributed by atoms with Gasteiger partial charge < -0.3 is 5.11 Å². The number of H-pyrrole nitrogens is 1. The Balaban J connectivity index is 1.95. The second-order valence-electron chi connectivity index (χ2n) is 4.34. The van der Waals surface area contributed by atoms with Crippen LogP contribution in [0.4, 0.5) is 0 Å². The van der Waals surface area contributed by atoms with Crippen LogP contribution in [-0.4, -0.2) is 30.8 Å². The van der Waals surface area contributed by atoms with Crippen molar-refractivity contribution in [3.05, 3.63) is 33.3 Å². The SMILES string of the molecule is O=C(O)c1cc(Cl)nc(Sc2n[nH]c(=O)n2C2CC2)c1. The molecule has 0 aromatic carbocycles. The fourth-order valence-corrected chi connectivity index (χ4v) is 2.96. The number of aromatic amines is 1. The number of rotatable bonds is 4. The summed E-state index contributed by atoms with van der Waals surface area (Å²) in [4.78, 5) is 26.7. The number of carboxylic acid groups (broad SMARTS) is 1. The van der Waals surface area contributed by atoms with Crippen molar-refractivity contribution in [1.82, 2.24) is 19.7 Å². The normalized spacial score (nSPS) is 14.4. The Bertz CT molecular complexity index is 738. The Hall–Kier alpha value is -1.80. The van der Waals surface area contributed by atoms with Gasteiger partial charge in [-0.1, -0.05) is 11.6 Å². The molecular formula is C11H9ClN4O3S. The third kappa shape index (κ3) is 2.56. The smallest absolute Gasteiger partial charge is 0.344 e. The van der Waals surface area contributed by atoms with Crippen LogP contribution < -0.4 is 5.69 Å². The van der Waals surface area contributed by atoms with Gasteiger partial charge in [0.05, 0.1) is 5.56 Å². The number of carboxylic acids is 1. The Kier molecular flexibility index (Phi) is 3.27. The molecule has 0 amide bonds. The Morgan fingerprint density at radius 2 is 2.25 bits per heavy atom. The predicted octanol–water partition coefficient (Wildman–Crippen LogP) is 1.80. The first-order chi connectivity index (χ1) is 9.54. The summed E-state index contributed by atoms with van der Waals surface area (Å²) < 4.78 is 1.56. The highest BCUT2D eigenvalue weighted by atomic mass is 35.5. The number of nitrogens with one attached hydrogen (secondary N) is 1. The molecule has 20 heavy (non-hydrogen) atoms. The van der Waals surface area contributed by atoms with Gasteiger partial charge >= 0.3 is 11.7 Å². The number of pyridine rings is 1. The first kappa shape index (κ1) is 13.2. The molecule has 9 heteroatoms. The number of carbonyl (C=O) groups is 1. The highest BCUT2D eigenvalue weighted by Gasteiger charge is 2.29. The minimum atomic E-state index is -1.09. The monoisotopic (exact) mass is 312 g/mol. The molecule has 0 atom stereocenters. The molecule has 0 radical (unpaired) electrons. The summed E-state index contributed by atoms with van der Waals surface area (Å²) in [5.74, 6) is -1.09. The van der Waals surface area contributed by atoms with Crippen LogP contribution in [0.25, 0.3) is 0 Å². The van der Waals surface area contributed by atoms with Gasteiger partial charge in [-0.25, -0.2) is 19.7 Å². The topological polar surface area (TPSA) is 101 Å². The van der Waals surface area contributed by atoms with E-state index in [4.69, 9.17) is 16.7 Å². The predicted molar refractivity (Wildman–Crippen MR) is 71.4 cm³/mol. The lowest BCUT2D eigenvalue weighted by molar-refractivity contribution is 0.0696. The van der Waals surface area contributed by atoms with Gasteiger partial charge in [0.25, 0.3) is 0 Å². The van der Waals surface area contributed by atoms with Crippen LogP contribution in [-0.2, 0) is 0 Å². The van der Waals surface area contributed by atoms with E-state index in [-0.39, 0.29) is 22.4 Å². The lowest BCUT2D eigenvalue weighted by Crippen LogP contribution is -2.16. The maximum absolute atomic E-state index is 11.6. The molecule has 2 heterocycles. The van der Waals surface area contributed by atoms with Crippen molar-refractivity contribution in [1.29, 1.82) is 0 Å². The molecule has 0 aliphatic heterocycles. The largest absolute Gasteiger partial charge is 0.478 e. The number of aromatic nitrogens is 4. The fraction of sp³-hybridized carbons (Fsp3) is 0.273. The summed E-state index contributed by atoms with van der Waals surface area (Å²) in [6.45, 7) is 0. The number of aromatic carboxylic acids is 1. The van der Waals surface area contributed by atoms with Crippen LogP contribution in [0.1, 0.15) is 29.2 Å². The van der Waals surface area contributed by atoms with Crippen molar-refractivity contribution in [3.63, 3.8) is 0 Å². The van der Waals surface area contributed by atoms with Crippen molar-refractivity contribution in [3.8, 4) is 0 Å². The Labute approximate surface area is 122 Å². The van der Waals surface area contributed by atoms with Crippen LogP contribution in [0, 0.1) is 0 Å². The van der Waals surface area contributed by atoms with Crippen molar-refractivity contribution in [2.45, 2.75) is 29.1 Å². The maximum atomic E-state index is 11.6. The van der Waals surface area contributed by atoms with Crippen molar-refractivity contribution in [2.75, 3.05) is 0 Å². The van der Waals surface area contributed by atoms with Crippen LogP contribution in [0.15, 0.2) is 27.1 Å². The molecule has 1 saturated carbocycles. The van der Waals surface area contributed by atoms with Crippen LogP contribution in [0.2, 0.25) is 5.15 Å². The minimum Gasteiger partial charge on any atom is -0.478 e. The Morgan fingerprint density at radius 1 is 1.50 bits per heavy atom. The highest BCUT2D eigenvalue weighted by molar-refractivity contribution is 7.99. The summed E-state index contributed by atoms with van der Waals surface area (Å²) in [5.41, 5.74) is -0.223. The van der Waals surface area contributed by atoms with E-state index >= 15 is 0 Å². The van der Waals surface area contributed by atoms with Gasteiger partial charge in [-0.2, -0.15) is 0 Å². The summed E-state index contributed by atoms with van der Waals surface area (Å²) in [6.07, 6.45) is 1.88. The number of hydrogen-bond acceptors (Lipinski definition) is 5. The van der Waals surface area contributed by atoms with E-state index in [1.165, 1.54) is 12.1 Å². The maximum Gasteiger partial charge on any atom is 0.344 e. The van der Waals surface area contributed by atoms with E-state index < -0.39 is 5.97 Å². The third-order valence-electron chi connectivity index (χ3n) is 2.80. The van der Waals surface area contributed by atoms with Crippen molar-refractivity contribution < 1.29 is 9.90 Å². The van der Waals surface area contributed by atoms with Gasteiger partial charge in [0, 0.05) is 6.04 Å². The summed E-state index contributed by atoms with van der Waals surface area (Å²) >= 11 is 6.91. The molecule has 1 fully saturated rings. The standard InChI is InChI=1S/C11H9ClN4O3S/c12-7-3-5(9(17)18)4-8(13-7)20-11-15-14-10(19)16(11)6-1-2-6/h3-4,6H,1-2H2,(H,14,19)(H,17,18). The zero-order valence-electron chi connectivity index (χ0n) is 10.0. The molecule has 2 aromatic heterocycles. The summed E-state index contributed by atoms with van der Waals surface area (Å²) in [5, 5.41) is 16.2. The van der Waals surface area contributed by atoms with Gasteiger partial charge in [0.15, 0.2) is 5.16 Å². The number of halogens is 1. The lowest BCUT2D eigenvalue weighted by Gasteiger charge is -2.04. The van der Waals surface area contributed by atoms with E-state index in [1.807, 2.05) is 0 Å².